The normalized spacial score (nSPS) is 26.2. The lowest BCUT2D eigenvalue weighted by molar-refractivity contribution is -0.131. The van der Waals surface area contributed by atoms with Gasteiger partial charge in [-0.05, 0) is 44.2 Å². The Bertz CT molecular complexity index is 230. The third kappa shape index (κ3) is 3.21. The van der Waals surface area contributed by atoms with E-state index in [0.717, 1.165) is 26.1 Å². The van der Waals surface area contributed by atoms with Gasteiger partial charge in [-0.15, -0.1) is 0 Å². The summed E-state index contributed by atoms with van der Waals surface area (Å²) < 4.78 is 0. The Hall–Kier alpha value is -0.570. The molecule has 0 radical (unpaired) electrons. The number of hydrogen-bond acceptors (Lipinski definition) is 2. The molecule has 92 valence electrons. The zero-order valence-electron chi connectivity index (χ0n) is 10.4. The molecule has 0 aromatic carbocycles. The third-order valence-electron chi connectivity index (χ3n) is 4.06. The lowest BCUT2D eigenvalue weighted by Gasteiger charge is -2.22. The summed E-state index contributed by atoms with van der Waals surface area (Å²) in [6, 6.07) is 0. The minimum absolute atomic E-state index is 0.360. The molecular weight excluding hydrogens is 200 g/mol. The monoisotopic (exact) mass is 224 g/mol. The maximum absolute atomic E-state index is 12.0. The Morgan fingerprint density at radius 1 is 1.25 bits per heavy atom. The molecular formula is C13H24N2O. The summed E-state index contributed by atoms with van der Waals surface area (Å²) in [6.07, 6.45) is 7.20. The van der Waals surface area contributed by atoms with Gasteiger partial charge in [-0.2, -0.15) is 0 Å². The van der Waals surface area contributed by atoms with Crippen molar-refractivity contribution in [3.63, 3.8) is 0 Å². The molecule has 1 saturated heterocycles. The number of carbonyl (C=O) groups is 1. The van der Waals surface area contributed by atoms with E-state index in [1.807, 2.05) is 11.9 Å². The molecule has 0 spiro atoms. The van der Waals surface area contributed by atoms with Gasteiger partial charge in [-0.25, -0.2) is 0 Å². The SMILES string of the molecule is CN(CC1CCNC1)C(=O)CC1CCCC1. The largest absolute Gasteiger partial charge is 0.345 e. The van der Waals surface area contributed by atoms with Crippen molar-refractivity contribution in [3.05, 3.63) is 0 Å². The molecule has 0 aromatic heterocycles. The fraction of sp³-hybridized carbons (Fsp3) is 0.923. The van der Waals surface area contributed by atoms with Gasteiger partial charge in [0.1, 0.15) is 0 Å². The first-order chi connectivity index (χ1) is 7.75. The molecule has 1 aliphatic heterocycles. The fourth-order valence-electron chi connectivity index (χ4n) is 2.98. The van der Waals surface area contributed by atoms with Crippen molar-refractivity contribution in [3.8, 4) is 0 Å². The molecule has 0 bridgehead atoms. The van der Waals surface area contributed by atoms with Crippen molar-refractivity contribution in [2.75, 3.05) is 26.7 Å². The Kier molecular flexibility index (Phi) is 4.22. The van der Waals surface area contributed by atoms with Crippen LogP contribution in [0.1, 0.15) is 38.5 Å². The Morgan fingerprint density at radius 3 is 2.62 bits per heavy atom. The van der Waals surface area contributed by atoms with Crippen LogP contribution in [0, 0.1) is 11.8 Å². The number of amides is 1. The standard InChI is InChI=1S/C13H24N2O/c1-15(10-12-6-7-14-9-12)13(16)8-11-4-2-3-5-11/h11-12,14H,2-10H2,1H3. The van der Waals surface area contributed by atoms with Gasteiger partial charge in [0.05, 0.1) is 0 Å². The lowest BCUT2D eigenvalue weighted by Crippen LogP contribution is -2.33. The summed E-state index contributed by atoms with van der Waals surface area (Å²) in [5, 5.41) is 3.35. The summed E-state index contributed by atoms with van der Waals surface area (Å²) >= 11 is 0. The highest BCUT2D eigenvalue weighted by atomic mass is 16.2. The molecule has 1 amide bonds. The van der Waals surface area contributed by atoms with Gasteiger partial charge in [0, 0.05) is 20.0 Å². The van der Waals surface area contributed by atoms with Crippen LogP contribution in [0.15, 0.2) is 0 Å². The Balaban J connectivity index is 1.70. The summed E-state index contributed by atoms with van der Waals surface area (Å²) in [6.45, 7) is 3.15. The summed E-state index contributed by atoms with van der Waals surface area (Å²) in [5.41, 5.74) is 0. The minimum atomic E-state index is 0.360. The second-order valence-corrected chi connectivity index (χ2v) is 5.49. The van der Waals surface area contributed by atoms with Crippen molar-refractivity contribution in [1.82, 2.24) is 10.2 Å². The van der Waals surface area contributed by atoms with Crippen LogP contribution in [-0.4, -0.2) is 37.5 Å². The summed E-state index contributed by atoms with van der Waals surface area (Å²) in [4.78, 5) is 13.9. The number of nitrogens with one attached hydrogen (secondary N) is 1. The van der Waals surface area contributed by atoms with E-state index < -0.39 is 0 Å². The molecule has 0 aromatic rings. The first-order valence-electron chi connectivity index (χ1n) is 6.70. The maximum atomic E-state index is 12.0. The second-order valence-electron chi connectivity index (χ2n) is 5.49. The van der Waals surface area contributed by atoms with Crippen LogP contribution < -0.4 is 5.32 Å². The molecule has 2 fully saturated rings. The number of rotatable bonds is 4. The maximum Gasteiger partial charge on any atom is 0.222 e. The van der Waals surface area contributed by atoms with Crippen LogP contribution in [0.25, 0.3) is 0 Å². The number of nitrogens with zero attached hydrogens (tertiary/aromatic N) is 1. The third-order valence-corrected chi connectivity index (χ3v) is 4.06. The van der Waals surface area contributed by atoms with Crippen LogP contribution >= 0.6 is 0 Å². The Morgan fingerprint density at radius 2 is 2.00 bits per heavy atom. The van der Waals surface area contributed by atoms with Crippen LogP contribution in [0.2, 0.25) is 0 Å². The first-order valence-corrected chi connectivity index (χ1v) is 6.70. The van der Waals surface area contributed by atoms with E-state index in [9.17, 15) is 4.79 Å². The fourth-order valence-corrected chi connectivity index (χ4v) is 2.98. The molecule has 1 heterocycles. The molecule has 3 nitrogen and oxygen atoms in total. The van der Waals surface area contributed by atoms with Crippen LogP contribution in [-0.2, 0) is 4.79 Å². The van der Waals surface area contributed by atoms with E-state index in [2.05, 4.69) is 5.32 Å². The second kappa shape index (κ2) is 5.67. The highest BCUT2D eigenvalue weighted by molar-refractivity contribution is 5.76. The molecule has 16 heavy (non-hydrogen) atoms. The van der Waals surface area contributed by atoms with Crippen molar-refractivity contribution in [1.29, 1.82) is 0 Å². The van der Waals surface area contributed by atoms with Gasteiger partial charge in [0.15, 0.2) is 0 Å². The van der Waals surface area contributed by atoms with Crippen LogP contribution in [0.4, 0.5) is 0 Å². The molecule has 1 atom stereocenters. The van der Waals surface area contributed by atoms with Gasteiger partial charge < -0.3 is 10.2 Å². The Labute approximate surface area is 98.6 Å². The predicted molar refractivity (Wildman–Crippen MR) is 65.2 cm³/mol. The van der Waals surface area contributed by atoms with Crippen LogP contribution in [0.3, 0.4) is 0 Å². The quantitative estimate of drug-likeness (QED) is 0.787. The van der Waals surface area contributed by atoms with E-state index in [0.29, 0.717) is 17.7 Å². The summed E-state index contributed by atoms with van der Waals surface area (Å²) in [7, 11) is 1.97. The van der Waals surface area contributed by atoms with Gasteiger partial charge in [0.25, 0.3) is 0 Å². The zero-order valence-corrected chi connectivity index (χ0v) is 10.4. The van der Waals surface area contributed by atoms with E-state index >= 15 is 0 Å². The van der Waals surface area contributed by atoms with E-state index in [1.54, 1.807) is 0 Å². The smallest absolute Gasteiger partial charge is 0.222 e. The predicted octanol–water partition coefficient (Wildman–Crippen LogP) is 1.63. The highest BCUT2D eigenvalue weighted by Crippen LogP contribution is 2.28. The molecule has 1 N–H and O–H groups in total. The molecule has 2 aliphatic rings. The van der Waals surface area contributed by atoms with Gasteiger partial charge >= 0.3 is 0 Å². The minimum Gasteiger partial charge on any atom is -0.345 e. The topological polar surface area (TPSA) is 32.3 Å². The van der Waals surface area contributed by atoms with Crippen LogP contribution in [0.5, 0.6) is 0 Å². The van der Waals surface area contributed by atoms with Gasteiger partial charge in [-0.3, -0.25) is 4.79 Å². The molecule has 1 saturated carbocycles. The lowest BCUT2D eigenvalue weighted by atomic mass is 10.0. The van der Waals surface area contributed by atoms with Crippen molar-refractivity contribution in [2.45, 2.75) is 38.5 Å². The molecule has 3 heteroatoms. The van der Waals surface area contributed by atoms with Gasteiger partial charge in [-0.1, -0.05) is 12.8 Å². The summed E-state index contributed by atoms with van der Waals surface area (Å²) in [5.74, 6) is 1.72. The molecule has 1 unspecified atom stereocenters. The van der Waals surface area contributed by atoms with Gasteiger partial charge in [0.2, 0.25) is 5.91 Å². The van der Waals surface area contributed by atoms with E-state index in [4.69, 9.17) is 0 Å². The zero-order chi connectivity index (χ0) is 11.4. The van der Waals surface area contributed by atoms with Crippen molar-refractivity contribution >= 4 is 5.91 Å². The average molecular weight is 224 g/mol. The molecule has 2 rings (SSSR count). The van der Waals surface area contributed by atoms with E-state index in [-0.39, 0.29) is 0 Å². The highest BCUT2D eigenvalue weighted by Gasteiger charge is 2.23. The number of carbonyl (C=O) groups excluding carboxylic acids is 1. The first kappa shape index (κ1) is 11.9. The number of hydrogen-bond donors (Lipinski definition) is 1. The van der Waals surface area contributed by atoms with Crippen molar-refractivity contribution in [2.24, 2.45) is 11.8 Å². The molecule has 1 aliphatic carbocycles. The van der Waals surface area contributed by atoms with Crippen molar-refractivity contribution < 1.29 is 4.79 Å². The van der Waals surface area contributed by atoms with E-state index in [1.165, 1.54) is 32.1 Å². The average Bonchev–Trinajstić information content (AvgIpc) is 2.90.